The number of aromatic nitrogens is 4. The van der Waals surface area contributed by atoms with E-state index in [1.165, 1.54) is 48.0 Å². The van der Waals surface area contributed by atoms with Gasteiger partial charge in [-0.3, -0.25) is 13.9 Å². The summed E-state index contributed by atoms with van der Waals surface area (Å²) in [6.07, 6.45) is 2.01. The summed E-state index contributed by atoms with van der Waals surface area (Å²) in [5.74, 6) is -0.389. The molecular weight excluding hydrogens is 609 g/mol. The van der Waals surface area contributed by atoms with Crippen molar-refractivity contribution in [2.75, 3.05) is 12.9 Å². The molecule has 13 nitrogen and oxygen atoms in total. The minimum absolute atomic E-state index is 0.175. The molecule has 3 heterocycles. The first kappa shape index (κ1) is 31.1. The molecule has 228 valence electrons. The van der Waals surface area contributed by atoms with Gasteiger partial charge in [-0.2, -0.15) is 5.09 Å². The number of aliphatic hydroxyl groups is 2. The van der Waals surface area contributed by atoms with Crippen molar-refractivity contribution in [3.8, 4) is 5.75 Å². The maximum atomic E-state index is 14.2. The molecule has 2 aromatic heterocycles. The van der Waals surface area contributed by atoms with Crippen LogP contribution in [0, 0.1) is 0 Å². The molecule has 1 aliphatic carbocycles. The van der Waals surface area contributed by atoms with E-state index in [4.69, 9.17) is 30.1 Å². The van der Waals surface area contributed by atoms with Gasteiger partial charge in [0.1, 0.15) is 46.0 Å². The Hall–Kier alpha value is -2.29. The van der Waals surface area contributed by atoms with Gasteiger partial charge in [0.2, 0.25) is 0 Å². The molecule has 0 amide bonds. The van der Waals surface area contributed by atoms with Gasteiger partial charge in [-0.1, -0.05) is 11.6 Å². The first-order chi connectivity index (χ1) is 19.9. The molecule has 1 aliphatic heterocycles. The Morgan fingerprint density at radius 1 is 1.29 bits per heavy atom. The molecule has 3 unspecified atom stereocenters. The first-order valence-corrected chi connectivity index (χ1v) is 16.5. The SMILES string of the molecule is CSc1ncnc2c1ncn2C1OC(COP(=O)(NC2(C(=O)OC(C)C)CCC2)Oc2ccc(Cl)cc2)[C@@H](O)[C@@]1(C)O. The predicted molar refractivity (Wildman–Crippen MR) is 154 cm³/mol. The summed E-state index contributed by atoms with van der Waals surface area (Å²) in [6.45, 7) is 4.41. The highest BCUT2D eigenvalue weighted by Gasteiger charge is 2.55. The van der Waals surface area contributed by atoms with Crippen molar-refractivity contribution in [2.45, 2.75) is 80.7 Å². The topological polar surface area (TPSA) is 167 Å². The van der Waals surface area contributed by atoms with E-state index in [9.17, 15) is 19.6 Å². The number of carbonyl (C=O) groups excluding carboxylic acids is 1. The molecular formula is C26H33ClN5O8PS. The van der Waals surface area contributed by atoms with Crippen LogP contribution in [0.4, 0.5) is 0 Å². The van der Waals surface area contributed by atoms with Crippen LogP contribution in [0.1, 0.15) is 46.3 Å². The summed E-state index contributed by atoms with van der Waals surface area (Å²) in [5, 5.41) is 26.3. The summed E-state index contributed by atoms with van der Waals surface area (Å²) >= 11 is 7.39. The molecule has 5 atom stereocenters. The van der Waals surface area contributed by atoms with E-state index in [1.54, 1.807) is 26.0 Å². The summed E-state index contributed by atoms with van der Waals surface area (Å²) < 4.78 is 38.8. The van der Waals surface area contributed by atoms with E-state index in [1.807, 2.05) is 6.26 Å². The maximum absolute atomic E-state index is 14.2. The largest absolute Gasteiger partial charge is 0.462 e. The quantitative estimate of drug-likeness (QED) is 0.120. The molecule has 16 heteroatoms. The van der Waals surface area contributed by atoms with Crippen LogP contribution < -0.4 is 9.61 Å². The van der Waals surface area contributed by atoms with E-state index < -0.39 is 49.9 Å². The number of esters is 1. The van der Waals surface area contributed by atoms with Gasteiger partial charge in [-0.05, 0) is 70.6 Å². The molecule has 3 aromatic rings. The van der Waals surface area contributed by atoms with Gasteiger partial charge in [0.15, 0.2) is 11.9 Å². The van der Waals surface area contributed by atoms with Gasteiger partial charge < -0.3 is 24.2 Å². The van der Waals surface area contributed by atoms with Crippen LogP contribution in [0.25, 0.3) is 11.2 Å². The van der Waals surface area contributed by atoms with Crippen LogP contribution in [0.15, 0.2) is 41.9 Å². The lowest BCUT2D eigenvalue weighted by Gasteiger charge is -2.41. The number of aliphatic hydroxyl groups excluding tert-OH is 1. The van der Waals surface area contributed by atoms with Crippen molar-refractivity contribution in [2.24, 2.45) is 0 Å². The van der Waals surface area contributed by atoms with Crippen LogP contribution in [-0.2, 0) is 23.4 Å². The number of ether oxygens (including phenoxy) is 2. The van der Waals surface area contributed by atoms with E-state index in [0.717, 1.165) is 0 Å². The average molecular weight is 642 g/mol. The van der Waals surface area contributed by atoms with Crippen molar-refractivity contribution in [1.29, 1.82) is 0 Å². The highest BCUT2D eigenvalue weighted by molar-refractivity contribution is 7.98. The van der Waals surface area contributed by atoms with Crippen molar-refractivity contribution < 1.29 is 38.1 Å². The Kier molecular flexibility index (Phi) is 8.90. The lowest BCUT2D eigenvalue weighted by atomic mass is 9.78. The van der Waals surface area contributed by atoms with Gasteiger partial charge in [0.05, 0.1) is 19.0 Å². The van der Waals surface area contributed by atoms with Crippen LogP contribution in [0.3, 0.4) is 0 Å². The second kappa shape index (κ2) is 12.0. The fraction of sp³-hybridized carbons (Fsp3) is 0.538. The van der Waals surface area contributed by atoms with Gasteiger partial charge in [0, 0.05) is 5.02 Å². The minimum atomic E-state index is -4.30. The number of carbonyl (C=O) groups is 1. The van der Waals surface area contributed by atoms with Crippen LogP contribution in [0.2, 0.25) is 5.02 Å². The molecule has 2 fully saturated rings. The zero-order chi connectivity index (χ0) is 30.3. The van der Waals surface area contributed by atoms with Crippen LogP contribution >= 0.6 is 31.1 Å². The zero-order valence-electron chi connectivity index (χ0n) is 23.5. The highest BCUT2D eigenvalue weighted by atomic mass is 35.5. The van der Waals surface area contributed by atoms with Crippen LogP contribution in [-0.4, -0.2) is 78.0 Å². The third-order valence-corrected chi connectivity index (χ3v) is 9.84. The molecule has 3 N–H and O–H groups in total. The summed E-state index contributed by atoms with van der Waals surface area (Å²) in [5.41, 5.74) is -2.17. The van der Waals surface area contributed by atoms with Gasteiger partial charge in [-0.15, -0.1) is 11.8 Å². The van der Waals surface area contributed by atoms with Gasteiger partial charge in [-0.25, -0.2) is 19.5 Å². The second-order valence-electron chi connectivity index (χ2n) is 10.7. The predicted octanol–water partition coefficient (Wildman–Crippen LogP) is 3.88. The fourth-order valence-corrected chi connectivity index (χ4v) is 7.26. The number of rotatable bonds is 11. The Morgan fingerprint density at radius 3 is 2.62 bits per heavy atom. The lowest BCUT2D eigenvalue weighted by molar-refractivity contribution is -0.158. The number of imidazole rings is 1. The summed E-state index contributed by atoms with van der Waals surface area (Å²) in [4.78, 5) is 25.9. The van der Waals surface area contributed by atoms with Crippen molar-refractivity contribution in [1.82, 2.24) is 24.6 Å². The number of fused-ring (bicyclic) bond motifs is 1. The van der Waals surface area contributed by atoms with Gasteiger partial charge in [0.25, 0.3) is 0 Å². The average Bonchev–Trinajstić information content (AvgIpc) is 3.44. The highest BCUT2D eigenvalue weighted by Crippen LogP contribution is 2.51. The molecule has 2 aliphatic rings. The molecule has 0 spiro atoms. The molecule has 42 heavy (non-hydrogen) atoms. The van der Waals surface area contributed by atoms with Crippen molar-refractivity contribution in [3.05, 3.63) is 41.9 Å². The molecule has 1 saturated carbocycles. The van der Waals surface area contributed by atoms with Crippen molar-refractivity contribution >= 4 is 48.2 Å². The Bertz CT molecular complexity index is 1490. The standard InChI is InChI=1S/C26H33ClN5O8PS/c1-15(2)38-24(34)26(10-5-11-26)31-41(36,40-17-8-6-16(27)7-9-17)37-12-18-20(33)25(3,35)23(39-18)32-14-30-19-21(32)28-13-29-22(19)42-4/h6-9,13-15,18,20,23,33,35H,5,10-12H2,1-4H3,(H,31,36)/t18?,20-,23?,25-,41?/m1/s1. The molecule has 5 rings (SSSR count). The Labute approximate surface area is 251 Å². The Morgan fingerprint density at radius 2 is 2.00 bits per heavy atom. The summed E-state index contributed by atoms with van der Waals surface area (Å²) in [7, 11) is -4.30. The van der Waals surface area contributed by atoms with E-state index >= 15 is 0 Å². The monoisotopic (exact) mass is 641 g/mol. The Balaban J connectivity index is 1.39. The molecule has 0 radical (unpaired) electrons. The number of hydrogen-bond acceptors (Lipinski definition) is 12. The van der Waals surface area contributed by atoms with E-state index in [-0.39, 0.29) is 11.9 Å². The summed E-state index contributed by atoms with van der Waals surface area (Å²) in [6, 6.07) is 6.13. The lowest BCUT2D eigenvalue weighted by Crippen LogP contribution is -2.57. The first-order valence-electron chi connectivity index (χ1n) is 13.4. The van der Waals surface area contributed by atoms with Gasteiger partial charge >= 0.3 is 13.7 Å². The maximum Gasteiger partial charge on any atom is 0.459 e. The second-order valence-corrected chi connectivity index (χ2v) is 13.6. The third-order valence-electron chi connectivity index (χ3n) is 7.27. The number of hydrogen-bond donors (Lipinski definition) is 3. The number of thioether (sulfide) groups is 1. The van der Waals surface area contributed by atoms with Crippen LogP contribution in [0.5, 0.6) is 5.75 Å². The normalized spacial score (nSPS) is 26.6. The number of nitrogens with zero attached hydrogens (tertiary/aromatic N) is 4. The molecule has 1 aromatic carbocycles. The van der Waals surface area contributed by atoms with E-state index in [0.29, 0.717) is 40.5 Å². The number of nitrogens with one attached hydrogen (secondary N) is 1. The minimum Gasteiger partial charge on any atom is -0.462 e. The third kappa shape index (κ3) is 6.04. The van der Waals surface area contributed by atoms with E-state index in [2.05, 4.69) is 20.0 Å². The molecule has 1 saturated heterocycles. The zero-order valence-corrected chi connectivity index (χ0v) is 25.9. The van der Waals surface area contributed by atoms with Crippen molar-refractivity contribution in [3.63, 3.8) is 0 Å². The fourth-order valence-electron chi connectivity index (χ4n) is 4.90. The molecule has 0 bridgehead atoms. The number of halogens is 1. The smallest absolute Gasteiger partial charge is 0.459 e. The number of benzene rings is 1.